The molecule has 3 saturated heterocycles. The van der Waals surface area contributed by atoms with Gasteiger partial charge in [0.15, 0.2) is 24.7 Å². The van der Waals surface area contributed by atoms with Gasteiger partial charge in [-0.2, -0.15) is 0 Å². The highest BCUT2D eigenvalue weighted by atomic mass is 16.8. The van der Waals surface area contributed by atoms with E-state index in [4.69, 9.17) is 42.6 Å². The number of carbonyl (C=O) groups excluding carboxylic acids is 1. The van der Waals surface area contributed by atoms with E-state index in [1.807, 2.05) is 19.9 Å². The Kier molecular flexibility index (Phi) is 12.5. The molecule has 6 N–H and O–H groups in total. The number of ether oxygens (including phenoxy) is 9. The number of aliphatic hydroxyl groups is 6. The number of hydrogen-bond donors (Lipinski definition) is 6. The molecule has 58 heavy (non-hydrogen) atoms. The van der Waals surface area contributed by atoms with Crippen LogP contribution >= 0.6 is 0 Å². The molecule has 0 aromatic carbocycles. The normalized spacial score (nSPS) is 54.6. The maximum absolute atomic E-state index is 12.7. The van der Waals surface area contributed by atoms with Crippen LogP contribution in [0.2, 0.25) is 0 Å². The predicted molar refractivity (Wildman–Crippen MR) is 203 cm³/mol. The van der Waals surface area contributed by atoms with Crippen LogP contribution in [-0.4, -0.2) is 167 Å². The highest BCUT2D eigenvalue weighted by molar-refractivity contribution is 5.87. The molecule has 4 aliphatic carbocycles. The number of ketones is 1. The summed E-state index contributed by atoms with van der Waals surface area (Å²) in [4.78, 5) is 12.7. The Bertz CT molecular complexity index is 1530. The molecule has 0 unspecified atom stereocenters. The summed E-state index contributed by atoms with van der Waals surface area (Å²) in [6.07, 6.45) is -5.55. The molecule has 3 saturated carbocycles. The zero-order valence-electron chi connectivity index (χ0n) is 35.4. The minimum atomic E-state index is -1.94. The minimum Gasteiger partial charge on any atom is -0.392 e. The standard InChI is InChI=1S/C42H68O16/c1-20-32(45)36(52-9)33(46)37(55-20)58-35-22(3)54-31(18-27(35)51-8)57-34-21(2)53-30(17-26(34)50-7)56-25-11-12-38(5)24(16-25)10-13-41(48)28(38)19-29(44)39(6)40(47,23(4)43)14-15-42(39,41)49/h10,20-22,25-37,44-49H,11-19H2,1-9H3/t20-,21-,22-,25+,26+,27+,28-,29-,30+,31+,32-,33-,34-,35-,36+,37+,38+,39-,40-,41+,42+/m1/s1. The second-order valence-corrected chi connectivity index (χ2v) is 18.7. The van der Waals surface area contributed by atoms with Crippen molar-refractivity contribution in [2.45, 2.75) is 208 Å². The Morgan fingerprint density at radius 3 is 1.93 bits per heavy atom. The van der Waals surface area contributed by atoms with E-state index < -0.39 is 119 Å². The number of rotatable bonds is 10. The van der Waals surface area contributed by atoms with Crippen molar-refractivity contribution in [3.63, 3.8) is 0 Å². The van der Waals surface area contributed by atoms with Gasteiger partial charge in [-0.25, -0.2) is 0 Å². The average Bonchev–Trinajstić information content (AvgIpc) is 3.41. The van der Waals surface area contributed by atoms with Gasteiger partial charge in [-0.15, -0.1) is 0 Å². The first-order chi connectivity index (χ1) is 27.2. The monoisotopic (exact) mass is 828 g/mol. The van der Waals surface area contributed by atoms with Gasteiger partial charge in [0, 0.05) is 40.1 Å². The Balaban J connectivity index is 0.970. The fraction of sp³-hybridized carbons (Fsp3) is 0.929. The molecule has 16 heteroatoms. The zero-order valence-corrected chi connectivity index (χ0v) is 35.4. The molecule has 0 aromatic heterocycles. The van der Waals surface area contributed by atoms with E-state index in [0.717, 1.165) is 5.57 Å². The van der Waals surface area contributed by atoms with Crippen LogP contribution in [0.1, 0.15) is 99.3 Å². The van der Waals surface area contributed by atoms with Crippen LogP contribution in [0.4, 0.5) is 0 Å². The van der Waals surface area contributed by atoms with Gasteiger partial charge < -0.3 is 73.3 Å². The topological polar surface area (TPSA) is 222 Å². The van der Waals surface area contributed by atoms with Crippen LogP contribution in [0.15, 0.2) is 11.6 Å². The molecule has 3 aliphatic heterocycles. The molecule has 0 bridgehead atoms. The highest BCUT2D eigenvalue weighted by Gasteiger charge is 2.80. The molecule has 0 amide bonds. The molecule has 0 radical (unpaired) electrons. The smallest absolute Gasteiger partial charge is 0.187 e. The van der Waals surface area contributed by atoms with Crippen molar-refractivity contribution in [2.24, 2.45) is 16.7 Å². The lowest BCUT2D eigenvalue weighted by atomic mass is 9.42. The third-order valence-electron chi connectivity index (χ3n) is 16.0. The van der Waals surface area contributed by atoms with Gasteiger partial charge in [0.25, 0.3) is 0 Å². The van der Waals surface area contributed by atoms with Crippen molar-refractivity contribution in [1.29, 1.82) is 0 Å². The second kappa shape index (κ2) is 16.2. The largest absolute Gasteiger partial charge is 0.392 e. The van der Waals surface area contributed by atoms with E-state index in [9.17, 15) is 35.4 Å². The summed E-state index contributed by atoms with van der Waals surface area (Å²) >= 11 is 0. The van der Waals surface area contributed by atoms with Gasteiger partial charge in [0.05, 0.1) is 48.1 Å². The van der Waals surface area contributed by atoms with Gasteiger partial charge in [-0.3, -0.25) is 4.79 Å². The number of hydrogen-bond acceptors (Lipinski definition) is 16. The third-order valence-corrected chi connectivity index (χ3v) is 16.0. The van der Waals surface area contributed by atoms with Crippen molar-refractivity contribution in [3.8, 4) is 0 Å². The number of carbonyl (C=O) groups is 1. The molecule has 3 heterocycles. The quantitative estimate of drug-likeness (QED) is 0.172. The molecular weight excluding hydrogens is 760 g/mol. The minimum absolute atomic E-state index is 0.00730. The van der Waals surface area contributed by atoms with E-state index >= 15 is 0 Å². The van der Waals surface area contributed by atoms with Crippen LogP contribution < -0.4 is 0 Å². The molecule has 21 atom stereocenters. The molecule has 0 aromatic rings. The maximum Gasteiger partial charge on any atom is 0.187 e. The average molecular weight is 829 g/mol. The summed E-state index contributed by atoms with van der Waals surface area (Å²) in [6, 6.07) is 0. The molecule has 16 nitrogen and oxygen atoms in total. The summed E-state index contributed by atoms with van der Waals surface area (Å²) in [5.74, 6) is -1.01. The van der Waals surface area contributed by atoms with Crippen LogP contribution in [0.5, 0.6) is 0 Å². The Morgan fingerprint density at radius 1 is 0.741 bits per heavy atom. The first-order valence-electron chi connectivity index (χ1n) is 21.2. The van der Waals surface area contributed by atoms with Crippen molar-refractivity contribution in [2.75, 3.05) is 21.3 Å². The fourth-order valence-electron chi connectivity index (χ4n) is 12.3. The molecule has 0 spiro atoms. The predicted octanol–water partition coefficient (Wildman–Crippen LogP) is 1.41. The van der Waals surface area contributed by atoms with E-state index in [1.54, 1.807) is 28.1 Å². The summed E-state index contributed by atoms with van der Waals surface area (Å²) < 4.78 is 55.0. The fourth-order valence-corrected chi connectivity index (χ4v) is 12.3. The number of methoxy groups -OCH3 is 3. The molecule has 6 fully saturated rings. The lowest BCUT2D eigenvalue weighted by molar-refractivity contribution is -0.352. The Labute approximate surface area is 341 Å². The lowest BCUT2D eigenvalue weighted by Gasteiger charge is -2.66. The molecular formula is C42H68O16. The first-order valence-corrected chi connectivity index (χ1v) is 21.2. The summed E-state index contributed by atoms with van der Waals surface area (Å²) in [5, 5.41) is 69.3. The van der Waals surface area contributed by atoms with Gasteiger partial charge in [-0.05, 0) is 78.1 Å². The summed E-state index contributed by atoms with van der Waals surface area (Å²) in [7, 11) is 4.62. The van der Waals surface area contributed by atoms with Crippen LogP contribution in [0.25, 0.3) is 0 Å². The van der Waals surface area contributed by atoms with Gasteiger partial charge >= 0.3 is 0 Å². The number of fused-ring (bicyclic) bond motifs is 5. The van der Waals surface area contributed by atoms with Crippen molar-refractivity contribution >= 4 is 5.78 Å². The Hall–Kier alpha value is -1.19. The maximum atomic E-state index is 12.7. The van der Waals surface area contributed by atoms with Gasteiger partial charge in [0.2, 0.25) is 0 Å². The summed E-state index contributed by atoms with van der Waals surface area (Å²) in [5.41, 5.74) is -6.52. The van der Waals surface area contributed by atoms with E-state index in [-0.39, 0.29) is 37.9 Å². The van der Waals surface area contributed by atoms with Crippen molar-refractivity contribution in [1.82, 2.24) is 0 Å². The molecule has 332 valence electrons. The van der Waals surface area contributed by atoms with E-state index in [1.165, 1.54) is 14.0 Å². The second-order valence-electron chi connectivity index (χ2n) is 18.7. The SMILES string of the molecule is CO[C@@H]1[C@@H](O)[C@H](O[C@H]2[C@@H](OC)C[C@H](O[C@H]3[C@@H](OC)C[C@H](O[C@H]4CC[C@@]5(C)C(=CC[C@]6(O)[C@@H]5C[C@@H](O)[C@@]5(C)[C@@]6(O)CC[C@@]5(O)C(C)=O)C4)O[C@@H]3C)O[C@@H]2C)O[C@H](C)[C@H]1O. The van der Waals surface area contributed by atoms with Crippen LogP contribution in [0.3, 0.4) is 0 Å². The zero-order chi connectivity index (χ0) is 42.3. The summed E-state index contributed by atoms with van der Waals surface area (Å²) in [6.45, 7) is 10.4. The first kappa shape index (κ1) is 44.9. The lowest BCUT2D eigenvalue weighted by Crippen LogP contribution is -2.78. The van der Waals surface area contributed by atoms with Gasteiger partial charge in [-0.1, -0.05) is 25.5 Å². The van der Waals surface area contributed by atoms with Crippen molar-refractivity contribution in [3.05, 3.63) is 11.6 Å². The molecule has 7 rings (SSSR count). The van der Waals surface area contributed by atoms with E-state index in [2.05, 4.69) is 6.92 Å². The van der Waals surface area contributed by atoms with E-state index in [0.29, 0.717) is 32.1 Å². The number of aliphatic hydroxyl groups excluding tert-OH is 3. The van der Waals surface area contributed by atoms with Gasteiger partial charge in [0.1, 0.15) is 47.3 Å². The highest BCUT2D eigenvalue weighted by Crippen LogP contribution is 2.70. The Morgan fingerprint density at radius 2 is 1.34 bits per heavy atom. The van der Waals surface area contributed by atoms with Crippen LogP contribution in [0, 0.1) is 16.7 Å². The number of Topliss-reactive ketones (excluding diaryl/α,β-unsaturated/α-hetero) is 1. The molecule has 7 aliphatic rings. The third kappa shape index (κ3) is 6.80. The van der Waals surface area contributed by atoms with Crippen LogP contribution in [-0.2, 0) is 47.4 Å². The van der Waals surface area contributed by atoms with Crippen molar-refractivity contribution < 1.29 is 78.1 Å².